The van der Waals surface area contributed by atoms with E-state index in [1.165, 1.54) is 23.6 Å². The van der Waals surface area contributed by atoms with E-state index in [0.717, 1.165) is 15.0 Å². The maximum Gasteiger partial charge on any atom is 0.278 e. The Labute approximate surface area is 129 Å². The van der Waals surface area contributed by atoms with Crippen LogP contribution in [0.3, 0.4) is 0 Å². The minimum absolute atomic E-state index is 0.0159. The van der Waals surface area contributed by atoms with Gasteiger partial charge < -0.3 is 4.57 Å². The molecule has 3 rings (SSSR count). The SMILES string of the molecule is Cn1c(=NN=Cc2ccccc2[N+](=O)[O-])sc2ccccc21. The molecular weight excluding hydrogens is 300 g/mol. The molecule has 0 bridgehead atoms. The van der Waals surface area contributed by atoms with Crippen molar-refractivity contribution in [3.05, 3.63) is 69.0 Å². The number of nitrogens with zero attached hydrogens (tertiary/aromatic N) is 4. The summed E-state index contributed by atoms with van der Waals surface area (Å²) in [5, 5.41) is 19.1. The minimum Gasteiger partial charge on any atom is -0.318 e. The smallest absolute Gasteiger partial charge is 0.278 e. The second-order valence-electron chi connectivity index (χ2n) is 4.57. The quantitative estimate of drug-likeness (QED) is 0.423. The summed E-state index contributed by atoms with van der Waals surface area (Å²) < 4.78 is 3.06. The fourth-order valence-corrected chi connectivity index (χ4v) is 3.06. The van der Waals surface area contributed by atoms with Crippen LogP contribution in [0.1, 0.15) is 5.56 Å². The highest BCUT2D eigenvalue weighted by Crippen LogP contribution is 2.16. The zero-order valence-electron chi connectivity index (χ0n) is 11.7. The first kappa shape index (κ1) is 14.2. The lowest BCUT2D eigenvalue weighted by molar-refractivity contribution is -0.385. The van der Waals surface area contributed by atoms with Gasteiger partial charge in [0.25, 0.3) is 5.69 Å². The van der Waals surface area contributed by atoms with Crippen molar-refractivity contribution in [3.63, 3.8) is 0 Å². The third kappa shape index (κ3) is 2.66. The van der Waals surface area contributed by atoms with Gasteiger partial charge in [0.15, 0.2) is 0 Å². The number of nitro groups is 1. The molecule has 0 atom stereocenters. The van der Waals surface area contributed by atoms with Gasteiger partial charge in [-0.25, -0.2) is 0 Å². The Morgan fingerprint density at radius 2 is 1.91 bits per heavy atom. The molecule has 2 aromatic carbocycles. The maximum absolute atomic E-state index is 10.9. The summed E-state index contributed by atoms with van der Waals surface area (Å²) in [6.45, 7) is 0. The Morgan fingerprint density at radius 3 is 2.68 bits per heavy atom. The molecule has 110 valence electrons. The molecule has 3 aromatic rings. The zero-order valence-corrected chi connectivity index (χ0v) is 12.5. The van der Waals surface area contributed by atoms with Gasteiger partial charge in [-0.3, -0.25) is 10.1 Å². The number of benzene rings is 2. The average molecular weight is 312 g/mol. The molecule has 0 unspecified atom stereocenters. The van der Waals surface area contributed by atoms with Gasteiger partial charge in [0.1, 0.15) is 0 Å². The normalized spacial score (nSPS) is 12.3. The fraction of sp³-hybridized carbons (Fsp3) is 0.0667. The number of aryl methyl sites for hydroxylation is 1. The minimum atomic E-state index is -0.430. The summed E-state index contributed by atoms with van der Waals surface area (Å²) in [7, 11) is 1.91. The monoisotopic (exact) mass is 312 g/mol. The first-order chi connectivity index (χ1) is 10.7. The number of aromatic nitrogens is 1. The molecule has 0 saturated carbocycles. The topological polar surface area (TPSA) is 72.8 Å². The number of hydrogen-bond donors (Lipinski definition) is 0. The predicted molar refractivity (Wildman–Crippen MR) is 87.0 cm³/mol. The summed E-state index contributed by atoms with van der Waals surface area (Å²) in [6, 6.07) is 14.4. The van der Waals surface area contributed by atoms with Crippen LogP contribution in [0.15, 0.2) is 58.7 Å². The molecule has 0 aliphatic rings. The van der Waals surface area contributed by atoms with Crippen LogP contribution in [0, 0.1) is 10.1 Å². The summed E-state index contributed by atoms with van der Waals surface area (Å²) >= 11 is 1.52. The standard InChI is InChI=1S/C15H12N4O2S/c1-18-13-8-4-5-9-14(13)22-15(18)17-16-10-11-6-2-3-7-12(11)19(20)21/h2-10H,1H3. The van der Waals surface area contributed by atoms with Crippen molar-refractivity contribution in [2.75, 3.05) is 0 Å². The molecule has 0 saturated heterocycles. The first-order valence-corrected chi connectivity index (χ1v) is 7.33. The highest BCUT2D eigenvalue weighted by Gasteiger charge is 2.09. The van der Waals surface area contributed by atoms with Crippen molar-refractivity contribution >= 4 is 33.5 Å². The van der Waals surface area contributed by atoms with Gasteiger partial charge >= 0.3 is 0 Å². The van der Waals surface area contributed by atoms with E-state index < -0.39 is 4.92 Å². The Bertz CT molecular complexity index is 940. The van der Waals surface area contributed by atoms with Gasteiger partial charge in [0.2, 0.25) is 4.80 Å². The first-order valence-electron chi connectivity index (χ1n) is 6.52. The van der Waals surface area contributed by atoms with Crippen molar-refractivity contribution in [2.24, 2.45) is 17.3 Å². The molecule has 0 amide bonds. The van der Waals surface area contributed by atoms with Crippen LogP contribution in [0.2, 0.25) is 0 Å². The second kappa shape index (κ2) is 5.90. The zero-order chi connectivity index (χ0) is 15.5. The van der Waals surface area contributed by atoms with E-state index in [4.69, 9.17) is 0 Å². The van der Waals surface area contributed by atoms with Crippen LogP contribution in [-0.4, -0.2) is 15.7 Å². The van der Waals surface area contributed by atoms with E-state index >= 15 is 0 Å². The maximum atomic E-state index is 10.9. The number of hydrogen-bond acceptors (Lipinski definition) is 5. The van der Waals surface area contributed by atoms with Gasteiger partial charge in [-0.2, -0.15) is 5.10 Å². The number of rotatable bonds is 3. The summed E-state index contributed by atoms with van der Waals surface area (Å²) in [5.41, 5.74) is 1.52. The van der Waals surface area contributed by atoms with Crippen LogP contribution in [0.25, 0.3) is 10.2 Å². The van der Waals surface area contributed by atoms with Crippen LogP contribution in [0.4, 0.5) is 5.69 Å². The third-order valence-electron chi connectivity index (χ3n) is 3.19. The van der Waals surface area contributed by atoms with Gasteiger partial charge in [0.05, 0.1) is 26.9 Å². The molecule has 0 aliphatic carbocycles. The fourth-order valence-electron chi connectivity index (χ4n) is 2.08. The molecule has 22 heavy (non-hydrogen) atoms. The van der Waals surface area contributed by atoms with E-state index in [0.29, 0.717) is 5.56 Å². The highest BCUT2D eigenvalue weighted by molar-refractivity contribution is 7.16. The van der Waals surface area contributed by atoms with Crippen molar-refractivity contribution in [2.45, 2.75) is 0 Å². The summed E-state index contributed by atoms with van der Waals surface area (Å²) in [4.78, 5) is 11.2. The van der Waals surface area contributed by atoms with E-state index in [1.54, 1.807) is 18.2 Å². The predicted octanol–water partition coefficient (Wildman–Crippen LogP) is 3.08. The molecule has 0 N–H and O–H groups in total. The van der Waals surface area contributed by atoms with Gasteiger partial charge in [-0.05, 0) is 18.2 Å². The highest BCUT2D eigenvalue weighted by atomic mass is 32.1. The van der Waals surface area contributed by atoms with Crippen LogP contribution >= 0.6 is 11.3 Å². The van der Waals surface area contributed by atoms with Crippen molar-refractivity contribution in [1.82, 2.24) is 4.57 Å². The van der Waals surface area contributed by atoms with Gasteiger partial charge in [0, 0.05) is 13.1 Å². The third-order valence-corrected chi connectivity index (χ3v) is 4.29. The number of fused-ring (bicyclic) bond motifs is 1. The summed E-state index contributed by atoms with van der Waals surface area (Å²) in [6.07, 6.45) is 1.41. The largest absolute Gasteiger partial charge is 0.318 e. The lowest BCUT2D eigenvalue weighted by Gasteiger charge is -1.94. The number of nitro benzene ring substituents is 1. The second-order valence-corrected chi connectivity index (χ2v) is 5.58. The Balaban J connectivity index is 1.99. The van der Waals surface area contributed by atoms with E-state index in [9.17, 15) is 10.1 Å². The molecule has 0 radical (unpaired) electrons. The molecule has 1 aromatic heterocycles. The van der Waals surface area contributed by atoms with Crippen molar-refractivity contribution < 1.29 is 4.92 Å². The van der Waals surface area contributed by atoms with Crippen LogP contribution in [-0.2, 0) is 7.05 Å². The van der Waals surface area contributed by atoms with Crippen molar-refractivity contribution in [3.8, 4) is 0 Å². The van der Waals surface area contributed by atoms with E-state index in [2.05, 4.69) is 10.2 Å². The van der Waals surface area contributed by atoms with Crippen LogP contribution in [0.5, 0.6) is 0 Å². The van der Waals surface area contributed by atoms with Gasteiger partial charge in [-0.1, -0.05) is 35.6 Å². The van der Waals surface area contributed by atoms with E-state index in [-0.39, 0.29) is 5.69 Å². The molecular formula is C15H12N4O2S. The van der Waals surface area contributed by atoms with Crippen LogP contribution < -0.4 is 4.80 Å². The summed E-state index contributed by atoms with van der Waals surface area (Å²) in [5.74, 6) is 0. The Morgan fingerprint density at radius 1 is 1.18 bits per heavy atom. The van der Waals surface area contributed by atoms with Gasteiger partial charge in [-0.15, -0.1) is 5.10 Å². The number of para-hydroxylation sites is 2. The van der Waals surface area contributed by atoms with Crippen molar-refractivity contribution in [1.29, 1.82) is 0 Å². The molecule has 0 spiro atoms. The van der Waals surface area contributed by atoms with E-state index in [1.807, 2.05) is 35.9 Å². The lowest BCUT2D eigenvalue weighted by atomic mass is 10.2. The molecule has 0 aliphatic heterocycles. The Hall–Kier alpha value is -2.80. The lowest BCUT2D eigenvalue weighted by Crippen LogP contribution is -2.08. The molecule has 6 nitrogen and oxygen atoms in total. The Kier molecular flexibility index (Phi) is 3.80. The molecule has 1 heterocycles. The molecule has 7 heteroatoms. The number of thiazole rings is 1. The molecule has 0 fully saturated rings. The average Bonchev–Trinajstić information content (AvgIpc) is 2.85.